The molecule has 0 aliphatic rings. The molecule has 1 aromatic carbocycles. The normalized spacial score (nSPS) is 10.2. The van der Waals surface area contributed by atoms with E-state index < -0.39 is 5.91 Å². The van der Waals surface area contributed by atoms with Gasteiger partial charge in [0.1, 0.15) is 0 Å². The fourth-order valence-electron chi connectivity index (χ4n) is 1.69. The van der Waals surface area contributed by atoms with E-state index in [1.165, 1.54) is 18.0 Å². The van der Waals surface area contributed by atoms with Crippen LogP contribution in [0, 0.1) is 0 Å². The van der Waals surface area contributed by atoms with Crippen LogP contribution in [-0.4, -0.2) is 48.8 Å². The smallest absolute Gasteiger partial charge is 0.251 e. The predicted octanol–water partition coefficient (Wildman–Crippen LogP) is 1.05. The van der Waals surface area contributed by atoms with Crippen LogP contribution in [0.4, 0.5) is 0 Å². The highest BCUT2D eigenvalue weighted by Crippen LogP contribution is 2.10. The van der Waals surface area contributed by atoms with Crippen molar-refractivity contribution in [3.63, 3.8) is 0 Å². The second kappa shape index (κ2) is 8.38. The number of amides is 3. The van der Waals surface area contributed by atoms with Crippen LogP contribution in [-0.2, 0) is 9.59 Å². The SMILES string of the molecule is CC(C)NC(=O)CN(C)C(=O)CNC(=O)c1cccc(Cl)c1. The number of nitrogens with zero attached hydrogens (tertiary/aromatic N) is 1. The Hall–Kier alpha value is -2.08. The van der Waals surface area contributed by atoms with E-state index in [4.69, 9.17) is 11.6 Å². The van der Waals surface area contributed by atoms with Crippen LogP contribution in [0.1, 0.15) is 24.2 Å². The van der Waals surface area contributed by atoms with Crippen LogP contribution in [0.5, 0.6) is 0 Å². The van der Waals surface area contributed by atoms with Gasteiger partial charge in [-0.3, -0.25) is 14.4 Å². The minimum Gasteiger partial charge on any atom is -0.352 e. The molecule has 22 heavy (non-hydrogen) atoms. The average molecular weight is 326 g/mol. The molecule has 120 valence electrons. The number of carbonyl (C=O) groups excluding carboxylic acids is 3. The molecule has 0 radical (unpaired) electrons. The first kappa shape index (κ1) is 18.0. The van der Waals surface area contributed by atoms with E-state index in [0.29, 0.717) is 10.6 Å². The second-order valence-electron chi connectivity index (χ2n) is 5.17. The molecule has 1 aromatic rings. The molecule has 0 aliphatic carbocycles. The molecule has 0 fully saturated rings. The number of hydrogen-bond donors (Lipinski definition) is 2. The summed E-state index contributed by atoms with van der Waals surface area (Å²) in [5.41, 5.74) is 0.375. The van der Waals surface area contributed by atoms with E-state index >= 15 is 0 Å². The van der Waals surface area contributed by atoms with Gasteiger partial charge in [-0.05, 0) is 32.0 Å². The van der Waals surface area contributed by atoms with Crippen molar-refractivity contribution >= 4 is 29.3 Å². The third kappa shape index (κ3) is 6.13. The maximum absolute atomic E-state index is 11.9. The van der Waals surface area contributed by atoms with Gasteiger partial charge < -0.3 is 15.5 Å². The summed E-state index contributed by atoms with van der Waals surface area (Å²) < 4.78 is 0. The lowest BCUT2D eigenvalue weighted by atomic mass is 10.2. The van der Waals surface area contributed by atoms with Gasteiger partial charge in [-0.15, -0.1) is 0 Å². The second-order valence-corrected chi connectivity index (χ2v) is 5.60. The quantitative estimate of drug-likeness (QED) is 0.820. The van der Waals surface area contributed by atoms with Crippen LogP contribution in [0.2, 0.25) is 5.02 Å². The Bertz CT molecular complexity index is 561. The third-order valence-corrected chi connectivity index (χ3v) is 2.98. The number of halogens is 1. The van der Waals surface area contributed by atoms with Crippen molar-refractivity contribution in [1.82, 2.24) is 15.5 Å². The van der Waals surface area contributed by atoms with Crippen molar-refractivity contribution in [3.05, 3.63) is 34.9 Å². The Morgan fingerprint density at radius 2 is 1.95 bits per heavy atom. The van der Waals surface area contributed by atoms with Crippen molar-refractivity contribution in [2.24, 2.45) is 0 Å². The molecule has 0 saturated heterocycles. The van der Waals surface area contributed by atoms with Gasteiger partial charge in [-0.25, -0.2) is 0 Å². The first-order valence-electron chi connectivity index (χ1n) is 6.86. The molecule has 1 rings (SSSR count). The van der Waals surface area contributed by atoms with Gasteiger partial charge in [0, 0.05) is 23.7 Å². The molecule has 0 bridgehead atoms. The summed E-state index contributed by atoms with van der Waals surface area (Å²) in [7, 11) is 1.51. The summed E-state index contributed by atoms with van der Waals surface area (Å²) in [5, 5.41) is 5.64. The zero-order chi connectivity index (χ0) is 16.7. The number of hydrogen-bond acceptors (Lipinski definition) is 3. The Balaban J connectivity index is 2.45. The van der Waals surface area contributed by atoms with Crippen molar-refractivity contribution in [2.75, 3.05) is 20.1 Å². The molecular weight excluding hydrogens is 306 g/mol. The van der Waals surface area contributed by atoms with E-state index in [0.717, 1.165) is 0 Å². The van der Waals surface area contributed by atoms with Crippen molar-refractivity contribution in [2.45, 2.75) is 19.9 Å². The largest absolute Gasteiger partial charge is 0.352 e. The van der Waals surface area contributed by atoms with Crippen LogP contribution < -0.4 is 10.6 Å². The van der Waals surface area contributed by atoms with Gasteiger partial charge in [-0.1, -0.05) is 17.7 Å². The van der Waals surface area contributed by atoms with E-state index in [1.807, 2.05) is 13.8 Å². The van der Waals surface area contributed by atoms with Crippen LogP contribution in [0.25, 0.3) is 0 Å². The first-order chi connectivity index (χ1) is 10.3. The molecule has 0 spiro atoms. The number of carbonyl (C=O) groups is 3. The van der Waals surface area contributed by atoms with Crippen molar-refractivity contribution < 1.29 is 14.4 Å². The highest BCUT2D eigenvalue weighted by atomic mass is 35.5. The lowest BCUT2D eigenvalue weighted by Gasteiger charge is -2.18. The average Bonchev–Trinajstić information content (AvgIpc) is 2.43. The van der Waals surface area contributed by atoms with Crippen LogP contribution >= 0.6 is 11.6 Å². The zero-order valence-electron chi connectivity index (χ0n) is 12.9. The van der Waals surface area contributed by atoms with Gasteiger partial charge in [0.25, 0.3) is 5.91 Å². The monoisotopic (exact) mass is 325 g/mol. The van der Waals surface area contributed by atoms with E-state index in [-0.39, 0.29) is 30.9 Å². The molecule has 0 saturated carbocycles. The molecule has 6 nitrogen and oxygen atoms in total. The summed E-state index contributed by atoms with van der Waals surface area (Å²) in [6.45, 7) is 3.44. The number of rotatable bonds is 6. The molecule has 3 amide bonds. The first-order valence-corrected chi connectivity index (χ1v) is 7.24. The Kier molecular flexibility index (Phi) is 6.85. The fraction of sp³-hybridized carbons (Fsp3) is 0.400. The number of nitrogens with one attached hydrogen (secondary N) is 2. The highest BCUT2D eigenvalue weighted by Gasteiger charge is 2.15. The van der Waals surface area contributed by atoms with Gasteiger partial charge >= 0.3 is 0 Å². The Morgan fingerprint density at radius 1 is 1.27 bits per heavy atom. The number of likely N-dealkylation sites (N-methyl/N-ethyl adjacent to an activating group) is 1. The number of benzene rings is 1. The maximum Gasteiger partial charge on any atom is 0.251 e. The topological polar surface area (TPSA) is 78.5 Å². The Morgan fingerprint density at radius 3 is 2.55 bits per heavy atom. The lowest BCUT2D eigenvalue weighted by molar-refractivity contribution is -0.134. The summed E-state index contributed by atoms with van der Waals surface area (Å²) in [6, 6.07) is 6.44. The molecule has 0 aromatic heterocycles. The van der Waals surface area contributed by atoms with Crippen LogP contribution in [0.15, 0.2) is 24.3 Å². The molecule has 0 atom stereocenters. The van der Waals surface area contributed by atoms with Gasteiger partial charge in [-0.2, -0.15) is 0 Å². The summed E-state index contributed by atoms with van der Waals surface area (Å²) in [4.78, 5) is 36.6. The van der Waals surface area contributed by atoms with E-state index in [2.05, 4.69) is 10.6 Å². The highest BCUT2D eigenvalue weighted by molar-refractivity contribution is 6.30. The molecule has 0 unspecified atom stereocenters. The van der Waals surface area contributed by atoms with Gasteiger partial charge in [0.15, 0.2) is 0 Å². The van der Waals surface area contributed by atoms with Gasteiger partial charge in [0.2, 0.25) is 11.8 Å². The fourth-order valence-corrected chi connectivity index (χ4v) is 1.88. The zero-order valence-corrected chi connectivity index (χ0v) is 13.6. The minimum atomic E-state index is -0.393. The van der Waals surface area contributed by atoms with E-state index in [9.17, 15) is 14.4 Å². The predicted molar refractivity (Wildman–Crippen MR) is 84.7 cm³/mol. The summed E-state index contributed by atoms with van der Waals surface area (Å²) >= 11 is 5.80. The van der Waals surface area contributed by atoms with Gasteiger partial charge in [0.05, 0.1) is 13.1 Å². The molecule has 0 heterocycles. The molecule has 2 N–H and O–H groups in total. The Labute approximate surface area is 134 Å². The standard InChI is InChI=1S/C15H20ClN3O3/c1-10(2)18-13(20)9-19(3)14(21)8-17-15(22)11-5-4-6-12(16)7-11/h4-7,10H,8-9H2,1-3H3,(H,17,22)(H,18,20). The third-order valence-electron chi connectivity index (χ3n) is 2.74. The summed E-state index contributed by atoms with van der Waals surface area (Å²) in [5.74, 6) is -0.989. The summed E-state index contributed by atoms with van der Waals surface area (Å²) in [6.07, 6.45) is 0. The van der Waals surface area contributed by atoms with Crippen LogP contribution in [0.3, 0.4) is 0 Å². The molecule has 0 aliphatic heterocycles. The van der Waals surface area contributed by atoms with Crippen molar-refractivity contribution in [1.29, 1.82) is 0 Å². The van der Waals surface area contributed by atoms with E-state index in [1.54, 1.807) is 18.2 Å². The van der Waals surface area contributed by atoms with Crippen molar-refractivity contribution in [3.8, 4) is 0 Å². The molecule has 7 heteroatoms. The molecular formula is C15H20ClN3O3. The lowest BCUT2D eigenvalue weighted by Crippen LogP contribution is -2.44. The minimum absolute atomic E-state index is 0.0125. The maximum atomic E-state index is 11.9.